The molecule has 1 aromatic carbocycles. The molecule has 6 nitrogen and oxygen atoms in total. The van der Waals surface area contributed by atoms with E-state index in [2.05, 4.69) is 24.5 Å². The van der Waals surface area contributed by atoms with Gasteiger partial charge in [0.15, 0.2) is 0 Å². The maximum Gasteiger partial charge on any atom is 0.252 e. The van der Waals surface area contributed by atoms with E-state index in [1.165, 1.54) is 7.11 Å². The van der Waals surface area contributed by atoms with Crippen LogP contribution in [-0.4, -0.2) is 43.6 Å². The standard InChI is InChI=1S/C24H33N3O3/c1-16(2)13-26-24(29)20-12-22(27-21-7-5-4-6-19(20)21)18-10-8-17(9-11-18)14-25-23(28)15-30-3/h4-7,12,16-18H,8-11,13-15H2,1-3H3,(H,25,28)(H,26,29). The van der Waals surface area contributed by atoms with Crippen LogP contribution in [0.4, 0.5) is 0 Å². The lowest BCUT2D eigenvalue weighted by atomic mass is 9.80. The third-order valence-corrected chi connectivity index (χ3v) is 5.78. The Balaban J connectivity index is 1.71. The molecule has 0 spiro atoms. The molecule has 2 aromatic rings. The molecule has 6 heteroatoms. The zero-order valence-corrected chi connectivity index (χ0v) is 18.2. The first-order valence-electron chi connectivity index (χ1n) is 10.9. The van der Waals surface area contributed by atoms with Crippen LogP contribution in [0.1, 0.15) is 61.5 Å². The number of hydrogen-bond donors (Lipinski definition) is 2. The number of nitrogens with zero attached hydrogens (tertiary/aromatic N) is 1. The lowest BCUT2D eigenvalue weighted by molar-refractivity contribution is -0.124. The van der Waals surface area contributed by atoms with Crippen molar-refractivity contribution in [2.45, 2.75) is 45.4 Å². The fraction of sp³-hybridized carbons (Fsp3) is 0.542. The molecule has 30 heavy (non-hydrogen) atoms. The summed E-state index contributed by atoms with van der Waals surface area (Å²) >= 11 is 0. The summed E-state index contributed by atoms with van der Waals surface area (Å²) in [6.45, 7) is 5.64. The van der Waals surface area contributed by atoms with Crippen LogP contribution in [-0.2, 0) is 9.53 Å². The second-order valence-corrected chi connectivity index (χ2v) is 8.67. The van der Waals surface area contributed by atoms with Crippen molar-refractivity contribution in [3.8, 4) is 0 Å². The summed E-state index contributed by atoms with van der Waals surface area (Å²) in [5.41, 5.74) is 2.59. The maximum atomic E-state index is 12.9. The molecule has 0 saturated heterocycles. The van der Waals surface area contributed by atoms with Gasteiger partial charge in [0.2, 0.25) is 5.91 Å². The highest BCUT2D eigenvalue weighted by atomic mass is 16.5. The minimum atomic E-state index is -0.0622. The lowest BCUT2D eigenvalue weighted by Gasteiger charge is -2.28. The minimum absolute atomic E-state index is 0.0295. The molecular weight excluding hydrogens is 378 g/mol. The van der Waals surface area contributed by atoms with Gasteiger partial charge in [0.1, 0.15) is 6.61 Å². The Labute approximate surface area is 178 Å². The first kappa shape index (κ1) is 22.2. The molecule has 0 unspecified atom stereocenters. The molecule has 0 aliphatic heterocycles. The highest BCUT2D eigenvalue weighted by Crippen LogP contribution is 2.36. The number of fused-ring (bicyclic) bond motifs is 1. The summed E-state index contributed by atoms with van der Waals surface area (Å²) in [6, 6.07) is 9.86. The third-order valence-electron chi connectivity index (χ3n) is 5.78. The van der Waals surface area contributed by atoms with Crippen molar-refractivity contribution in [1.29, 1.82) is 0 Å². The van der Waals surface area contributed by atoms with Gasteiger partial charge in [-0.2, -0.15) is 0 Å². The second kappa shape index (κ2) is 10.5. The first-order chi connectivity index (χ1) is 14.5. The zero-order chi connectivity index (χ0) is 21.5. The molecule has 2 amide bonds. The quantitative estimate of drug-likeness (QED) is 0.695. The number of carbonyl (C=O) groups is 2. The average molecular weight is 412 g/mol. The van der Waals surface area contributed by atoms with E-state index in [-0.39, 0.29) is 18.4 Å². The van der Waals surface area contributed by atoms with E-state index in [1.54, 1.807) is 0 Å². The highest BCUT2D eigenvalue weighted by molar-refractivity contribution is 6.06. The van der Waals surface area contributed by atoms with E-state index < -0.39 is 0 Å². The molecule has 1 aliphatic rings. The van der Waals surface area contributed by atoms with Gasteiger partial charge in [-0.3, -0.25) is 14.6 Å². The van der Waals surface area contributed by atoms with Crippen molar-refractivity contribution < 1.29 is 14.3 Å². The number of benzene rings is 1. The van der Waals surface area contributed by atoms with Crippen LogP contribution >= 0.6 is 0 Å². The van der Waals surface area contributed by atoms with Crippen molar-refractivity contribution in [1.82, 2.24) is 15.6 Å². The van der Waals surface area contributed by atoms with Crippen LogP contribution in [0.15, 0.2) is 30.3 Å². The first-order valence-corrected chi connectivity index (χ1v) is 10.9. The van der Waals surface area contributed by atoms with Crippen molar-refractivity contribution in [3.63, 3.8) is 0 Å². The molecule has 1 aromatic heterocycles. The van der Waals surface area contributed by atoms with Crippen LogP contribution in [0.3, 0.4) is 0 Å². The number of methoxy groups -OCH3 is 1. The molecule has 0 atom stereocenters. The Hall–Kier alpha value is -2.47. The number of amides is 2. The molecule has 1 aliphatic carbocycles. The summed E-state index contributed by atoms with van der Waals surface area (Å²) in [4.78, 5) is 29.4. The van der Waals surface area contributed by atoms with Gasteiger partial charge in [-0.05, 0) is 49.7 Å². The average Bonchev–Trinajstić information content (AvgIpc) is 2.76. The maximum absolute atomic E-state index is 12.9. The van der Waals surface area contributed by atoms with Gasteiger partial charge in [-0.15, -0.1) is 0 Å². The highest BCUT2D eigenvalue weighted by Gasteiger charge is 2.25. The van der Waals surface area contributed by atoms with Crippen LogP contribution < -0.4 is 10.6 Å². The number of ether oxygens (including phenoxy) is 1. The van der Waals surface area contributed by atoms with Gasteiger partial charge in [0.25, 0.3) is 5.91 Å². The smallest absolute Gasteiger partial charge is 0.252 e. The van der Waals surface area contributed by atoms with E-state index in [0.717, 1.165) is 42.3 Å². The van der Waals surface area contributed by atoms with Gasteiger partial charge < -0.3 is 15.4 Å². The van der Waals surface area contributed by atoms with Crippen molar-refractivity contribution in [3.05, 3.63) is 41.6 Å². The van der Waals surface area contributed by atoms with Gasteiger partial charge in [0, 0.05) is 37.2 Å². The van der Waals surface area contributed by atoms with E-state index >= 15 is 0 Å². The van der Waals surface area contributed by atoms with E-state index in [1.807, 2.05) is 30.3 Å². The summed E-state index contributed by atoms with van der Waals surface area (Å²) in [5.74, 6) is 1.14. The monoisotopic (exact) mass is 411 g/mol. The fourth-order valence-corrected chi connectivity index (χ4v) is 4.09. The molecule has 3 rings (SSSR count). The predicted molar refractivity (Wildman–Crippen MR) is 118 cm³/mol. The predicted octanol–water partition coefficient (Wildman–Crippen LogP) is 3.66. The van der Waals surface area contributed by atoms with Crippen LogP contribution in [0.5, 0.6) is 0 Å². The Morgan fingerprint density at radius 1 is 1.13 bits per heavy atom. The number of hydrogen-bond acceptors (Lipinski definition) is 4. The largest absolute Gasteiger partial charge is 0.375 e. The number of para-hydroxylation sites is 1. The minimum Gasteiger partial charge on any atom is -0.375 e. The van der Waals surface area contributed by atoms with Crippen LogP contribution in [0.2, 0.25) is 0 Å². The topological polar surface area (TPSA) is 80.3 Å². The Bertz CT molecular complexity index is 873. The number of carbonyl (C=O) groups excluding carboxylic acids is 2. The Morgan fingerprint density at radius 2 is 1.87 bits per heavy atom. The van der Waals surface area contributed by atoms with Crippen LogP contribution in [0, 0.1) is 11.8 Å². The van der Waals surface area contributed by atoms with Crippen molar-refractivity contribution in [2.24, 2.45) is 11.8 Å². The van der Waals surface area contributed by atoms with Crippen molar-refractivity contribution >= 4 is 22.7 Å². The van der Waals surface area contributed by atoms with Crippen LogP contribution in [0.25, 0.3) is 10.9 Å². The van der Waals surface area contributed by atoms with E-state index in [9.17, 15) is 9.59 Å². The van der Waals surface area contributed by atoms with Gasteiger partial charge in [-0.1, -0.05) is 32.0 Å². The normalized spacial score (nSPS) is 19.1. The molecule has 1 heterocycles. The zero-order valence-electron chi connectivity index (χ0n) is 18.2. The second-order valence-electron chi connectivity index (χ2n) is 8.67. The molecule has 1 saturated carbocycles. The van der Waals surface area contributed by atoms with E-state index in [4.69, 9.17) is 9.72 Å². The molecule has 2 N–H and O–H groups in total. The Kier molecular flexibility index (Phi) is 7.80. The molecule has 162 valence electrons. The van der Waals surface area contributed by atoms with Gasteiger partial charge in [0.05, 0.1) is 11.1 Å². The SMILES string of the molecule is COCC(=O)NCC1CCC(c2cc(C(=O)NCC(C)C)c3ccccc3n2)CC1. The third kappa shape index (κ3) is 5.79. The molecule has 0 bridgehead atoms. The number of rotatable bonds is 8. The number of aromatic nitrogens is 1. The fourth-order valence-electron chi connectivity index (χ4n) is 4.09. The summed E-state index contributed by atoms with van der Waals surface area (Å²) < 4.78 is 4.86. The van der Waals surface area contributed by atoms with Gasteiger partial charge in [-0.25, -0.2) is 0 Å². The summed E-state index contributed by atoms with van der Waals surface area (Å²) in [6.07, 6.45) is 4.12. The van der Waals surface area contributed by atoms with Crippen molar-refractivity contribution in [2.75, 3.05) is 26.8 Å². The molecule has 0 radical (unpaired) electrons. The molecular formula is C24H33N3O3. The number of nitrogens with one attached hydrogen (secondary N) is 2. The number of pyridine rings is 1. The summed E-state index contributed by atoms with van der Waals surface area (Å²) in [5, 5.41) is 6.89. The lowest BCUT2D eigenvalue weighted by Crippen LogP contribution is -2.33. The molecule has 1 fully saturated rings. The Morgan fingerprint density at radius 3 is 2.57 bits per heavy atom. The summed E-state index contributed by atoms with van der Waals surface area (Å²) in [7, 11) is 1.53. The van der Waals surface area contributed by atoms with E-state index in [0.29, 0.717) is 36.4 Å². The van der Waals surface area contributed by atoms with Gasteiger partial charge >= 0.3 is 0 Å².